The van der Waals surface area contributed by atoms with E-state index in [1.54, 1.807) is 0 Å². The third-order valence-corrected chi connectivity index (χ3v) is 2.60. The van der Waals surface area contributed by atoms with E-state index in [0.717, 1.165) is 12.8 Å². The first-order chi connectivity index (χ1) is 6.64. The predicted molar refractivity (Wildman–Crippen MR) is 71.6 cm³/mol. The summed E-state index contributed by atoms with van der Waals surface area (Å²) in [5.74, 6) is 0.682. The highest BCUT2D eigenvalue weighted by Gasteiger charge is 2.13. The Kier molecular flexibility index (Phi) is 5.95. The molecule has 0 aliphatic carbocycles. The number of allylic oxidation sites excluding steroid dienone is 2. The summed E-state index contributed by atoms with van der Waals surface area (Å²) in [4.78, 5) is 0. The summed E-state index contributed by atoms with van der Waals surface area (Å²) in [6.45, 7) is 13.6. The minimum Gasteiger partial charge on any atom is -0.122 e. The van der Waals surface area contributed by atoms with Crippen LogP contribution in [0, 0.1) is 10.8 Å². The molecule has 0 amide bonds. The van der Waals surface area contributed by atoms with Crippen LogP contribution in [0.15, 0.2) is 11.6 Å². The van der Waals surface area contributed by atoms with E-state index in [-0.39, 0.29) is 0 Å². The maximum Gasteiger partial charge on any atom is 0.0433 e. The van der Waals surface area contributed by atoms with Crippen LogP contribution in [0.25, 0.3) is 0 Å². The molecule has 0 aliphatic rings. The molecule has 0 rings (SSSR count). The summed E-state index contributed by atoms with van der Waals surface area (Å²) in [5, 5.41) is 0. The first kappa shape index (κ1) is 15.0. The number of hydrogen-bond acceptors (Lipinski definition) is 0. The van der Waals surface area contributed by atoms with Gasteiger partial charge in [0, 0.05) is 5.88 Å². The molecule has 0 aliphatic heterocycles. The molecule has 0 nitrogen and oxygen atoms in total. The molecule has 0 radical (unpaired) electrons. The Morgan fingerprint density at radius 1 is 1.00 bits per heavy atom. The van der Waals surface area contributed by atoms with Crippen LogP contribution in [0.4, 0.5) is 0 Å². The standard InChI is InChI=1S/C14H27Cl/c1-13(2,3)9-7-8-12(11-15)10-14(4,5)6/h8H,7,9-11H2,1-6H3/b12-8-. The zero-order valence-electron chi connectivity index (χ0n) is 11.3. The van der Waals surface area contributed by atoms with Crippen LogP contribution in [-0.4, -0.2) is 5.88 Å². The second-order valence-corrected chi connectivity index (χ2v) is 7.10. The normalized spacial score (nSPS) is 14.5. The van der Waals surface area contributed by atoms with Gasteiger partial charge in [-0.2, -0.15) is 0 Å². The lowest BCUT2D eigenvalue weighted by Crippen LogP contribution is -2.08. The lowest BCUT2D eigenvalue weighted by atomic mass is 9.86. The smallest absolute Gasteiger partial charge is 0.0433 e. The Hall–Kier alpha value is 0.0300. The van der Waals surface area contributed by atoms with Gasteiger partial charge in [0.2, 0.25) is 0 Å². The van der Waals surface area contributed by atoms with Crippen molar-refractivity contribution >= 4 is 11.6 Å². The average Bonchev–Trinajstić information content (AvgIpc) is 1.97. The quantitative estimate of drug-likeness (QED) is 0.447. The molecule has 0 saturated heterocycles. The summed E-state index contributed by atoms with van der Waals surface area (Å²) in [7, 11) is 0. The summed E-state index contributed by atoms with van der Waals surface area (Å²) in [6.07, 6.45) is 5.84. The summed E-state index contributed by atoms with van der Waals surface area (Å²) in [6, 6.07) is 0. The van der Waals surface area contributed by atoms with Crippen LogP contribution >= 0.6 is 11.6 Å². The number of halogens is 1. The molecule has 0 atom stereocenters. The van der Waals surface area contributed by atoms with Crippen molar-refractivity contribution in [1.29, 1.82) is 0 Å². The van der Waals surface area contributed by atoms with E-state index in [1.165, 1.54) is 12.0 Å². The molecule has 0 heterocycles. The third kappa shape index (κ3) is 10.3. The minimum atomic E-state index is 0.350. The molecule has 0 aromatic rings. The SMILES string of the molecule is CC(C)(C)CC/C=C(\CCl)CC(C)(C)C. The van der Waals surface area contributed by atoms with Gasteiger partial charge in [-0.15, -0.1) is 11.6 Å². The molecule has 0 unspecified atom stereocenters. The van der Waals surface area contributed by atoms with Crippen molar-refractivity contribution in [1.82, 2.24) is 0 Å². The number of alkyl halides is 1. The van der Waals surface area contributed by atoms with Crippen molar-refractivity contribution in [3.05, 3.63) is 11.6 Å². The fourth-order valence-corrected chi connectivity index (χ4v) is 1.77. The van der Waals surface area contributed by atoms with Gasteiger partial charge >= 0.3 is 0 Å². The van der Waals surface area contributed by atoms with Gasteiger partial charge in [-0.1, -0.05) is 53.2 Å². The zero-order valence-corrected chi connectivity index (χ0v) is 12.0. The van der Waals surface area contributed by atoms with Crippen LogP contribution in [0.1, 0.15) is 60.8 Å². The number of rotatable bonds is 4. The van der Waals surface area contributed by atoms with E-state index in [0.29, 0.717) is 16.7 Å². The average molecular weight is 231 g/mol. The summed E-state index contributed by atoms with van der Waals surface area (Å²) in [5.41, 5.74) is 2.17. The highest BCUT2D eigenvalue weighted by Crippen LogP contribution is 2.26. The Morgan fingerprint density at radius 2 is 1.53 bits per heavy atom. The maximum atomic E-state index is 5.96. The van der Waals surface area contributed by atoms with Crippen molar-refractivity contribution in [2.24, 2.45) is 10.8 Å². The Labute approximate surface area is 101 Å². The molecular weight excluding hydrogens is 204 g/mol. The van der Waals surface area contributed by atoms with Gasteiger partial charge in [-0.25, -0.2) is 0 Å². The first-order valence-electron chi connectivity index (χ1n) is 5.88. The lowest BCUT2D eigenvalue weighted by molar-refractivity contribution is 0.379. The van der Waals surface area contributed by atoms with Gasteiger partial charge in [0.1, 0.15) is 0 Å². The maximum absolute atomic E-state index is 5.96. The predicted octanol–water partition coefficient (Wildman–Crippen LogP) is 5.41. The molecule has 0 N–H and O–H groups in total. The van der Waals surface area contributed by atoms with Crippen LogP contribution in [-0.2, 0) is 0 Å². The van der Waals surface area contributed by atoms with Crippen molar-refractivity contribution in [3.8, 4) is 0 Å². The Bertz CT molecular complexity index is 200. The Morgan fingerprint density at radius 3 is 1.87 bits per heavy atom. The molecule has 0 bridgehead atoms. The second kappa shape index (κ2) is 5.94. The van der Waals surface area contributed by atoms with E-state index in [9.17, 15) is 0 Å². The van der Waals surface area contributed by atoms with Gasteiger partial charge in [-0.3, -0.25) is 0 Å². The summed E-state index contributed by atoms with van der Waals surface area (Å²) < 4.78 is 0. The van der Waals surface area contributed by atoms with Gasteiger partial charge in [0.05, 0.1) is 0 Å². The van der Waals surface area contributed by atoms with Crippen LogP contribution in [0.2, 0.25) is 0 Å². The first-order valence-corrected chi connectivity index (χ1v) is 6.41. The van der Waals surface area contributed by atoms with E-state index in [4.69, 9.17) is 11.6 Å². The third-order valence-electron chi connectivity index (χ3n) is 2.26. The molecule has 0 aromatic heterocycles. The van der Waals surface area contributed by atoms with E-state index in [1.807, 2.05) is 0 Å². The second-order valence-electron chi connectivity index (χ2n) is 6.83. The molecule has 90 valence electrons. The number of hydrogen-bond donors (Lipinski definition) is 0. The van der Waals surface area contributed by atoms with Gasteiger partial charge in [0.25, 0.3) is 0 Å². The molecule has 0 spiro atoms. The molecule has 1 heteroatoms. The van der Waals surface area contributed by atoms with E-state index >= 15 is 0 Å². The van der Waals surface area contributed by atoms with Crippen LogP contribution in [0.3, 0.4) is 0 Å². The largest absolute Gasteiger partial charge is 0.122 e. The van der Waals surface area contributed by atoms with Crippen LogP contribution < -0.4 is 0 Å². The fourth-order valence-electron chi connectivity index (χ4n) is 1.56. The van der Waals surface area contributed by atoms with Crippen LogP contribution in [0.5, 0.6) is 0 Å². The molecule has 0 aromatic carbocycles. The zero-order chi connectivity index (χ0) is 12.1. The Balaban J connectivity index is 4.12. The van der Waals surface area contributed by atoms with Crippen molar-refractivity contribution in [2.75, 3.05) is 5.88 Å². The van der Waals surface area contributed by atoms with E-state index in [2.05, 4.69) is 47.6 Å². The monoisotopic (exact) mass is 230 g/mol. The molecule has 0 fully saturated rings. The summed E-state index contributed by atoms with van der Waals surface area (Å²) >= 11 is 5.96. The molecule has 15 heavy (non-hydrogen) atoms. The van der Waals surface area contributed by atoms with Gasteiger partial charge < -0.3 is 0 Å². The lowest BCUT2D eigenvalue weighted by Gasteiger charge is -2.20. The topological polar surface area (TPSA) is 0 Å². The van der Waals surface area contributed by atoms with Crippen molar-refractivity contribution in [3.63, 3.8) is 0 Å². The van der Waals surface area contributed by atoms with Crippen molar-refractivity contribution in [2.45, 2.75) is 60.8 Å². The van der Waals surface area contributed by atoms with Crippen molar-refractivity contribution < 1.29 is 0 Å². The minimum absolute atomic E-state index is 0.350. The van der Waals surface area contributed by atoms with Gasteiger partial charge in [0.15, 0.2) is 0 Å². The van der Waals surface area contributed by atoms with E-state index < -0.39 is 0 Å². The fraction of sp³-hybridized carbons (Fsp3) is 0.857. The molecule has 0 saturated carbocycles. The molecular formula is C14H27Cl. The highest BCUT2D eigenvalue weighted by atomic mass is 35.5. The van der Waals surface area contributed by atoms with Gasteiger partial charge in [-0.05, 0) is 30.1 Å². The highest BCUT2D eigenvalue weighted by molar-refractivity contribution is 6.19.